The molecule has 0 saturated carbocycles. The summed E-state index contributed by atoms with van der Waals surface area (Å²) in [5.41, 5.74) is 6.00. The van der Waals surface area contributed by atoms with E-state index in [0.717, 1.165) is 63.8 Å². The number of nitrogens with one attached hydrogen (secondary N) is 2. The zero-order valence-corrected chi connectivity index (χ0v) is 22.7. The van der Waals surface area contributed by atoms with Crippen molar-refractivity contribution in [3.05, 3.63) is 83.3 Å². The maximum Gasteiger partial charge on any atom is 0.326 e. The number of methoxy groups -OCH3 is 1. The van der Waals surface area contributed by atoms with E-state index in [1.165, 1.54) is 0 Å². The number of benzene rings is 2. The fourth-order valence-corrected chi connectivity index (χ4v) is 5.16. The lowest BCUT2D eigenvalue weighted by Gasteiger charge is -2.23. The molecule has 0 aliphatic rings. The molecule has 0 unspecified atom stereocenters. The van der Waals surface area contributed by atoms with Gasteiger partial charge >= 0.3 is 6.03 Å². The fourth-order valence-electron chi connectivity index (χ4n) is 4.90. The fraction of sp³-hybridized carbons (Fsp3) is 0.267. The number of hydrogen-bond acceptors (Lipinski definition) is 4. The van der Waals surface area contributed by atoms with Crippen molar-refractivity contribution in [3.63, 3.8) is 0 Å². The van der Waals surface area contributed by atoms with Gasteiger partial charge in [-0.25, -0.2) is 9.78 Å². The van der Waals surface area contributed by atoms with Crippen molar-refractivity contribution in [1.82, 2.24) is 19.9 Å². The normalized spacial score (nSPS) is 11.3. The Balaban J connectivity index is 1.46. The minimum absolute atomic E-state index is 0.0928. The molecule has 0 spiro atoms. The molecule has 0 bridgehead atoms. The minimum Gasteiger partial charge on any atom is -0.495 e. The molecule has 8 heteroatoms. The standard InChI is InChI=1S/C30H32ClN5O2/c1-4-6-13-32-30(37)36-14-12-24-20(8-7-9-27(24)36)15-21-18-33-29-25(21)16-23(19-34-29)35(5-2)22-10-11-28(38-3)26(31)17-22/h7-12,14,16-19H,4-6,13,15H2,1-3H3,(H,32,37)(H,33,34). The Hall–Kier alpha value is -3.97. The number of hydrogen-bond donors (Lipinski definition) is 2. The van der Waals surface area contributed by atoms with E-state index < -0.39 is 0 Å². The first-order valence-electron chi connectivity index (χ1n) is 13.0. The molecular formula is C30H32ClN5O2. The molecule has 38 heavy (non-hydrogen) atoms. The molecule has 1 amide bonds. The minimum atomic E-state index is -0.0928. The number of amides is 1. The van der Waals surface area contributed by atoms with Crippen molar-refractivity contribution in [2.45, 2.75) is 33.1 Å². The Morgan fingerprint density at radius 2 is 1.97 bits per heavy atom. The third-order valence-corrected chi connectivity index (χ3v) is 7.20. The maximum atomic E-state index is 12.7. The monoisotopic (exact) mass is 529 g/mol. The summed E-state index contributed by atoms with van der Waals surface area (Å²) in [6.45, 7) is 5.64. The lowest BCUT2D eigenvalue weighted by Crippen LogP contribution is -2.28. The Kier molecular flexibility index (Phi) is 7.56. The highest BCUT2D eigenvalue weighted by Crippen LogP contribution is 2.34. The second-order valence-corrected chi connectivity index (χ2v) is 9.67. The van der Waals surface area contributed by atoms with Crippen LogP contribution in [0.2, 0.25) is 5.02 Å². The molecule has 0 aliphatic heterocycles. The van der Waals surface area contributed by atoms with Gasteiger partial charge in [0.25, 0.3) is 0 Å². The first kappa shape index (κ1) is 25.7. The molecule has 0 atom stereocenters. The van der Waals surface area contributed by atoms with Crippen molar-refractivity contribution >= 4 is 50.9 Å². The molecule has 0 fully saturated rings. The third-order valence-electron chi connectivity index (χ3n) is 6.91. The van der Waals surface area contributed by atoms with E-state index in [-0.39, 0.29) is 6.03 Å². The van der Waals surface area contributed by atoms with E-state index in [1.54, 1.807) is 11.7 Å². The highest BCUT2D eigenvalue weighted by atomic mass is 35.5. The van der Waals surface area contributed by atoms with Gasteiger partial charge in [0.2, 0.25) is 0 Å². The van der Waals surface area contributed by atoms with Gasteiger partial charge in [-0.1, -0.05) is 37.1 Å². The van der Waals surface area contributed by atoms with Crippen LogP contribution < -0.4 is 15.0 Å². The first-order valence-corrected chi connectivity index (χ1v) is 13.4. The number of anilines is 2. The molecule has 0 saturated heterocycles. The van der Waals surface area contributed by atoms with Crippen LogP contribution in [0.25, 0.3) is 21.9 Å². The second kappa shape index (κ2) is 11.2. The average Bonchev–Trinajstić information content (AvgIpc) is 3.54. The number of aromatic amines is 1. The molecule has 5 aromatic rings. The predicted octanol–water partition coefficient (Wildman–Crippen LogP) is 7.29. The van der Waals surface area contributed by atoms with Crippen molar-refractivity contribution in [2.24, 2.45) is 0 Å². The van der Waals surface area contributed by atoms with Gasteiger partial charge in [0.15, 0.2) is 0 Å². The number of H-pyrrole nitrogens is 1. The van der Waals surface area contributed by atoms with Crippen LogP contribution in [0.5, 0.6) is 5.75 Å². The van der Waals surface area contributed by atoms with E-state index in [2.05, 4.69) is 41.2 Å². The van der Waals surface area contributed by atoms with E-state index in [0.29, 0.717) is 23.7 Å². The van der Waals surface area contributed by atoms with Crippen LogP contribution in [0.4, 0.5) is 16.2 Å². The molecule has 0 radical (unpaired) electrons. The number of carbonyl (C=O) groups is 1. The smallest absolute Gasteiger partial charge is 0.326 e. The molecule has 5 rings (SSSR count). The highest BCUT2D eigenvalue weighted by Gasteiger charge is 2.16. The Morgan fingerprint density at radius 3 is 2.74 bits per heavy atom. The second-order valence-electron chi connectivity index (χ2n) is 9.26. The van der Waals surface area contributed by atoms with Crippen molar-refractivity contribution in [1.29, 1.82) is 0 Å². The summed E-state index contributed by atoms with van der Waals surface area (Å²) in [6, 6.07) is 16.0. The lowest BCUT2D eigenvalue weighted by atomic mass is 10.0. The topological polar surface area (TPSA) is 75.2 Å². The largest absolute Gasteiger partial charge is 0.495 e. The van der Waals surface area contributed by atoms with Crippen molar-refractivity contribution in [3.8, 4) is 5.75 Å². The zero-order valence-electron chi connectivity index (χ0n) is 21.9. The van der Waals surface area contributed by atoms with Crippen LogP contribution in [0.1, 0.15) is 37.8 Å². The summed E-state index contributed by atoms with van der Waals surface area (Å²) >= 11 is 6.41. The van der Waals surface area contributed by atoms with Crippen LogP contribution in [-0.2, 0) is 6.42 Å². The molecular weight excluding hydrogens is 498 g/mol. The maximum absolute atomic E-state index is 12.7. The number of pyridine rings is 1. The third kappa shape index (κ3) is 4.94. The summed E-state index contributed by atoms with van der Waals surface area (Å²) < 4.78 is 7.01. The van der Waals surface area contributed by atoms with E-state index in [4.69, 9.17) is 21.3 Å². The molecule has 3 heterocycles. The summed E-state index contributed by atoms with van der Waals surface area (Å²) in [5, 5.41) is 5.71. The van der Waals surface area contributed by atoms with E-state index in [9.17, 15) is 4.79 Å². The van der Waals surface area contributed by atoms with Gasteiger partial charge in [0.05, 0.1) is 29.5 Å². The lowest BCUT2D eigenvalue weighted by molar-refractivity contribution is 0.243. The Bertz CT molecular complexity index is 1590. The molecule has 196 valence electrons. The first-order chi connectivity index (χ1) is 18.5. The molecule has 3 aromatic heterocycles. The van der Waals surface area contributed by atoms with E-state index in [1.807, 2.05) is 55.0 Å². The number of fused-ring (bicyclic) bond motifs is 2. The Labute approximate surface area is 227 Å². The zero-order chi connectivity index (χ0) is 26.6. The number of rotatable bonds is 9. The van der Waals surface area contributed by atoms with Crippen LogP contribution in [0.3, 0.4) is 0 Å². The molecule has 7 nitrogen and oxygen atoms in total. The van der Waals surface area contributed by atoms with Crippen LogP contribution in [0.15, 0.2) is 67.1 Å². The van der Waals surface area contributed by atoms with Crippen LogP contribution in [-0.4, -0.2) is 40.8 Å². The van der Waals surface area contributed by atoms with Gasteiger partial charge in [-0.2, -0.15) is 0 Å². The van der Waals surface area contributed by atoms with Gasteiger partial charge in [-0.15, -0.1) is 0 Å². The summed E-state index contributed by atoms with van der Waals surface area (Å²) in [4.78, 5) is 22.9. The summed E-state index contributed by atoms with van der Waals surface area (Å²) in [6.07, 6.45) is 8.47. The SMILES string of the molecule is CCCCNC(=O)n1ccc2c(Cc3c[nH]c4ncc(N(CC)c5ccc(OC)c(Cl)c5)cc34)cccc21. The average molecular weight is 530 g/mol. The quantitative estimate of drug-likeness (QED) is 0.197. The van der Waals surface area contributed by atoms with E-state index >= 15 is 0 Å². The van der Waals surface area contributed by atoms with Crippen LogP contribution >= 0.6 is 11.6 Å². The molecule has 2 N–H and O–H groups in total. The summed E-state index contributed by atoms with van der Waals surface area (Å²) in [7, 11) is 1.61. The highest BCUT2D eigenvalue weighted by molar-refractivity contribution is 6.32. The summed E-state index contributed by atoms with van der Waals surface area (Å²) in [5.74, 6) is 0.648. The van der Waals surface area contributed by atoms with Crippen LogP contribution in [0, 0.1) is 0 Å². The van der Waals surface area contributed by atoms with Gasteiger partial charge in [-0.05, 0) is 60.9 Å². The molecule has 2 aromatic carbocycles. The number of ether oxygens (including phenoxy) is 1. The number of halogens is 1. The van der Waals surface area contributed by atoms with Gasteiger partial charge < -0.3 is 19.9 Å². The van der Waals surface area contributed by atoms with Crippen molar-refractivity contribution < 1.29 is 9.53 Å². The van der Waals surface area contributed by atoms with Gasteiger partial charge in [0.1, 0.15) is 11.4 Å². The Morgan fingerprint density at radius 1 is 1.11 bits per heavy atom. The number of aromatic nitrogens is 3. The number of carbonyl (C=O) groups excluding carboxylic acids is 1. The van der Waals surface area contributed by atoms with Gasteiger partial charge in [0, 0.05) is 48.4 Å². The number of nitrogens with zero attached hydrogens (tertiary/aromatic N) is 3. The van der Waals surface area contributed by atoms with Crippen molar-refractivity contribution in [2.75, 3.05) is 25.1 Å². The number of unbranched alkanes of at least 4 members (excludes halogenated alkanes) is 1. The molecule has 0 aliphatic carbocycles. The van der Waals surface area contributed by atoms with Gasteiger partial charge in [-0.3, -0.25) is 4.57 Å². The predicted molar refractivity (Wildman–Crippen MR) is 155 cm³/mol.